The molecule has 0 atom stereocenters. The molecule has 22 nitrogen and oxygen atoms in total. The zero-order valence-electron chi connectivity index (χ0n) is 64.2. The van der Waals surface area contributed by atoms with E-state index in [1.807, 2.05) is 84.9 Å². The Bertz CT molecular complexity index is 6320. The van der Waals surface area contributed by atoms with Crippen molar-refractivity contribution in [2.75, 3.05) is 6.67 Å². The normalized spacial score (nSPS) is 11.2. The first kappa shape index (κ1) is 93.6. The number of rotatable bonds is 10. The first-order valence-corrected chi connectivity index (χ1v) is 37.4. The Hall–Kier alpha value is -11.5. The molecule has 604 valence electrons. The van der Waals surface area contributed by atoms with Crippen molar-refractivity contribution in [3.05, 3.63) is 313 Å². The third-order valence-electron chi connectivity index (χ3n) is 16.2. The van der Waals surface area contributed by atoms with Gasteiger partial charge in [-0.3, -0.25) is 29.2 Å². The maximum atomic E-state index is 10.0. The van der Waals surface area contributed by atoms with Crippen molar-refractivity contribution in [3.63, 3.8) is 0 Å². The molecule has 118 heavy (non-hydrogen) atoms. The summed E-state index contributed by atoms with van der Waals surface area (Å²) < 4.78 is 29.8. The summed E-state index contributed by atoms with van der Waals surface area (Å²) in [4.78, 5) is 66.4. The van der Waals surface area contributed by atoms with Crippen molar-refractivity contribution in [2.45, 2.75) is 55.4 Å². The number of aromatic nitrogens is 12. The molecule has 0 fully saturated rings. The molecule has 0 bridgehead atoms. The fourth-order valence-electron chi connectivity index (χ4n) is 11.7. The van der Waals surface area contributed by atoms with Crippen LogP contribution in [-0.4, -0.2) is 106 Å². The van der Waals surface area contributed by atoms with Gasteiger partial charge in [0.1, 0.15) is 23.1 Å². The number of hydrogen-bond donors (Lipinski definition) is 4. The number of nitrogens with zero attached hydrogens (tertiary/aromatic N) is 14. The molecule has 8 aromatic carbocycles. The van der Waals surface area contributed by atoms with Gasteiger partial charge in [0.2, 0.25) is 0 Å². The number of pyridine rings is 4. The van der Waals surface area contributed by atoms with Crippen LogP contribution in [0.4, 0.5) is 0 Å². The minimum Gasteiger partial charge on any atom is -0.512 e. The second-order valence-electron chi connectivity index (χ2n) is 25.3. The molecule has 0 aliphatic carbocycles. The number of aliphatic hydroxyl groups excluding tert-OH is 4. The minimum absolute atomic E-state index is 0. The van der Waals surface area contributed by atoms with Gasteiger partial charge in [-0.25, -0.2) is 0 Å². The SMILES string of the molecule is CC(=O)C=C(C)O.CC(=O)C=C(C)O.CC(=O)C=C(C)O.CC(=O)C=C(C)O.[Ir].[Ir].[Ir].[Ir].[c-]1cc(-n2c3ccccc3c3ccccc32)ccc1-c1cc2c(cn1)=NCN=2.[c-]1cc(-n2c3ccccc3c3ccccc32)ccc1-c1cc2nsnc2cn1.[c-]1ccccc1-c1cc2nsnc2cn1.[c-]1ccccc1-c1nccc2nsnc12. The first-order valence-electron chi connectivity index (χ1n) is 35.2. The van der Waals surface area contributed by atoms with E-state index >= 15 is 0 Å². The van der Waals surface area contributed by atoms with Crippen LogP contribution in [0.2, 0.25) is 0 Å². The maximum Gasteiger partial charge on any atom is 0.155 e. The Labute approximate surface area is 745 Å². The van der Waals surface area contributed by atoms with Crippen LogP contribution < -0.4 is 10.7 Å². The molecule has 0 spiro atoms. The van der Waals surface area contributed by atoms with Crippen LogP contribution >= 0.6 is 35.2 Å². The number of benzene rings is 8. The van der Waals surface area contributed by atoms with Gasteiger partial charge in [-0.1, -0.05) is 78.9 Å². The van der Waals surface area contributed by atoms with Gasteiger partial charge in [-0.2, -0.15) is 26.2 Å². The standard InChI is InChI=1S/C24H15N4.C23H13N4S.2C11H6N3S.4C5H8O2.4Ir/c1-3-7-23-18(5-1)19-6-2-4-8-24(19)28(23)17-11-9-16(10-12-17)20-13-21-22(14-25-20)27-15-26-21;1-3-7-22-17(5-1)18-6-2-4-8-23(18)27(22)16-11-9-15(10-12-16)19-13-20-21(14-24-19)26-28-25-20;1-2-4-8(5-3-1)9-6-10-11(7-12-9)14-15-13-10;1-2-4-8(5-3-1)10-11-9(6-7-12-10)13-15-14-11;4*1-4(6)3-5(2)7;;;;/h1-9,11-14H,15H2;1-9,11-14H;2*1-4,6-7H;4*3,6H,1-2H3;;;;/q4*-1;;;;;;;;. The van der Waals surface area contributed by atoms with Gasteiger partial charge in [-0.05, 0) is 126 Å². The number of carbonyl (C=O) groups excluding carboxylic acids is 4. The Morgan fingerprint density at radius 3 is 1.08 bits per heavy atom. The molecule has 0 saturated heterocycles. The van der Waals surface area contributed by atoms with Crippen LogP contribution in [0.5, 0.6) is 0 Å². The zero-order chi connectivity index (χ0) is 80.6. The van der Waals surface area contributed by atoms with E-state index < -0.39 is 0 Å². The Balaban J connectivity index is 0.000000198. The number of ketones is 4. The molecule has 0 unspecified atom stereocenters. The van der Waals surface area contributed by atoms with Crippen molar-refractivity contribution in [1.29, 1.82) is 0 Å². The molecule has 9 aromatic heterocycles. The summed E-state index contributed by atoms with van der Waals surface area (Å²) in [6, 6.07) is 82.8. The van der Waals surface area contributed by atoms with Crippen LogP contribution in [0.1, 0.15) is 55.4 Å². The van der Waals surface area contributed by atoms with Gasteiger partial charge in [0, 0.05) is 179 Å². The monoisotopic (exact) mass is 2330 g/mol. The van der Waals surface area contributed by atoms with E-state index in [4.69, 9.17) is 20.4 Å². The summed E-state index contributed by atoms with van der Waals surface area (Å²) in [6.45, 7) is 11.9. The van der Waals surface area contributed by atoms with Gasteiger partial charge in [0.15, 0.2) is 23.1 Å². The molecule has 4 radical (unpaired) electrons. The molecule has 0 saturated carbocycles. The summed E-state index contributed by atoms with van der Waals surface area (Å²) in [5.74, 6) is -0.250. The summed E-state index contributed by atoms with van der Waals surface area (Å²) in [5, 5.41) is 40.3. The first-order chi connectivity index (χ1) is 55.2. The van der Waals surface area contributed by atoms with E-state index in [9.17, 15) is 19.2 Å². The summed E-state index contributed by atoms with van der Waals surface area (Å²) in [5.41, 5.74) is 19.4. The molecular weight excluding hydrogens is 2260 g/mol. The Morgan fingerprint density at radius 1 is 0.356 bits per heavy atom. The molecule has 1 aliphatic rings. The van der Waals surface area contributed by atoms with Crippen molar-refractivity contribution in [2.24, 2.45) is 9.98 Å². The number of allylic oxidation sites excluding steroid dienone is 8. The van der Waals surface area contributed by atoms with Crippen molar-refractivity contribution < 1.29 is 120 Å². The van der Waals surface area contributed by atoms with Gasteiger partial charge in [0.05, 0.1) is 85.6 Å². The van der Waals surface area contributed by atoms with Gasteiger partial charge < -0.3 is 49.5 Å². The topological polar surface area (TPSA) is 313 Å². The minimum atomic E-state index is -0.125. The van der Waals surface area contributed by atoms with Crippen molar-refractivity contribution >= 4 is 135 Å². The third-order valence-corrected chi connectivity index (χ3v) is 17.9. The molecule has 4 N–H and O–H groups in total. The summed E-state index contributed by atoms with van der Waals surface area (Å²) in [7, 11) is 0. The van der Waals surface area contributed by atoms with Crippen molar-refractivity contribution in [1.82, 2.24) is 55.3 Å². The summed E-state index contributed by atoms with van der Waals surface area (Å²) in [6.07, 6.45) is 11.7. The number of fused-ring (bicyclic) bond motifs is 10. The van der Waals surface area contributed by atoms with Crippen LogP contribution in [0.3, 0.4) is 0 Å². The molecular formula is C89H72Ir4N14O8S3-4. The fraction of sp³-hybridized carbons (Fsp3) is 0.101. The molecule has 17 aromatic rings. The van der Waals surface area contributed by atoms with Crippen LogP contribution in [-0.2, 0) is 99.6 Å². The molecule has 18 rings (SSSR count). The molecule has 10 heterocycles. The van der Waals surface area contributed by atoms with Crippen LogP contribution in [0, 0.1) is 24.3 Å². The van der Waals surface area contributed by atoms with Gasteiger partial charge in [0.25, 0.3) is 0 Å². The number of carbonyl (C=O) groups is 4. The van der Waals surface area contributed by atoms with Gasteiger partial charge >= 0.3 is 0 Å². The van der Waals surface area contributed by atoms with E-state index in [0.29, 0.717) is 6.67 Å². The van der Waals surface area contributed by atoms with Crippen molar-refractivity contribution in [3.8, 4) is 56.4 Å². The number of hydrogen-bond acceptors (Lipinski definition) is 23. The maximum absolute atomic E-state index is 10.0. The average molecular weight is 2330 g/mol. The van der Waals surface area contributed by atoms with E-state index in [1.165, 1.54) is 158 Å². The largest absolute Gasteiger partial charge is 0.512 e. The second kappa shape index (κ2) is 45.8. The Kier molecular flexibility index (Phi) is 36.4. The number of para-hydroxylation sites is 4. The van der Waals surface area contributed by atoms with E-state index in [2.05, 4.69) is 211 Å². The van der Waals surface area contributed by atoms with Crippen LogP contribution in [0.25, 0.3) is 133 Å². The quantitative estimate of drug-likeness (QED) is 0.0561. The van der Waals surface area contributed by atoms with E-state index in [-0.39, 0.29) is 127 Å². The van der Waals surface area contributed by atoms with E-state index in [1.54, 1.807) is 24.8 Å². The van der Waals surface area contributed by atoms with Crippen LogP contribution in [0.15, 0.2) is 288 Å². The van der Waals surface area contributed by atoms with Gasteiger partial charge in [-0.15, -0.1) is 131 Å². The predicted molar refractivity (Wildman–Crippen MR) is 451 cm³/mol. The molecule has 0 amide bonds. The zero-order valence-corrected chi connectivity index (χ0v) is 76.2. The molecule has 29 heteroatoms. The number of aliphatic hydroxyl groups is 4. The predicted octanol–water partition coefficient (Wildman–Crippen LogP) is 18.8. The summed E-state index contributed by atoms with van der Waals surface area (Å²) >= 11 is 3.62. The van der Waals surface area contributed by atoms with E-state index in [0.717, 1.165) is 100 Å². The third kappa shape index (κ3) is 25.5. The molecule has 1 aliphatic heterocycles. The second-order valence-corrected chi connectivity index (χ2v) is 26.8. The average Bonchev–Trinajstić information content (AvgIpc) is 1.60. The Morgan fingerprint density at radius 2 is 0.703 bits per heavy atom. The fourth-order valence-corrected chi connectivity index (χ4v) is 13.3. The smallest absolute Gasteiger partial charge is 0.155 e.